The molecule has 0 amide bonds. The number of fused-ring (bicyclic) bond motifs is 4. The number of methoxy groups -OCH3 is 1. The molecular weight excluding hydrogens is 388 g/mol. The zero-order valence-corrected chi connectivity index (χ0v) is 18.5. The lowest BCUT2D eigenvalue weighted by molar-refractivity contribution is 0.0838. The topological polar surface area (TPSA) is 52.3 Å². The Bertz CT molecular complexity index is 1150. The maximum atomic E-state index is 13.0. The van der Waals surface area contributed by atoms with Crippen molar-refractivity contribution >= 4 is 0 Å². The fourth-order valence-electron chi connectivity index (χ4n) is 5.49. The van der Waals surface area contributed by atoms with Gasteiger partial charge in [0.05, 0.1) is 12.8 Å². The van der Waals surface area contributed by atoms with Crippen LogP contribution in [0, 0.1) is 12.8 Å². The number of rotatable bonds is 5. The monoisotopic (exact) mass is 418 g/mol. The fourth-order valence-corrected chi connectivity index (χ4v) is 5.49. The van der Waals surface area contributed by atoms with E-state index >= 15 is 0 Å². The zero-order valence-electron chi connectivity index (χ0n) is 18.5. The number of ether oxygens (including phenoxy) is 1. The summed E-state index contributed by atoms with van der Waals surface area (Å²) in [5.41, 5.74) is 3.76. The second kappa shape index (κ2) is 8.00. The SMILES string of the molecule is COc1cccc(C[C@H]2[C@H]3C[C@H](CN(Cc4cnc(C)n4C)C3)c3cccc(=O)n32)c1. The minimum Gasteiger partial charge on any atom is -0.497 e. The van der Waals surface area contributed by atoms with Crippen molar-refractivity contribution in [3.05, 3.63) is 81.8 Å². The van der Waals surface area contributed by atoms with Crippen molar-refractivity contribution in [1.29, 1.82) is 0 Å². The summed E-state index contributed by atoms with van der Waals surface area (Å²) in [6, 6.07) is 14.2. The van der Waals surface area contributed by atoms with Gasteiger partial charge in [-0.2, -0.15) is 0 Å². The van der Waals surface area contributed by atoms with Crippen molar-refractivity contribution in [2.75, 3.05) is 20.2 Å². The highest BCUT2D eigenvalue weighted by molar-refractivity contribution is 5.30. The predicted molar refractivity (Wildman–Crippen MR) is 121 cm³/mol. The van der Waals surface area contributed by atoms with E-state index in [9.17, 15) is 4.79 Å². The Balaban J connectivity index is 1.48. The van der Waals surface area contributed by atoms with Crippen LogP contribution in [0.4, 0.5) is 0 Å². The Morgan fingerprint density at radius 1 is 1.16 bits per heavy atom. The van der Waals surface area contributed by atoms with Crippen molar-refractivity contribution in [2.24, 2.45) is 13.0 Å². The maximum absolute atomic E-state index is 13.0. The molecule has 0 N–H and O–H groups in total. The van der Waals surface area contributed by atoms with Gasteiger partial charge in [-0.25, -0.2) is 4.98 Å². The number of aromatic nitrogens is 3. The summed E-state index contributed by atoms with van der Waals surface area (Å²) in [7, 11) is 3.78. The van der Waals surface area contributed by atoms with Crippen LogP contribution in [-0.2, 0) is 20.0 Å². The molecule has 4 heterocycles. The molecule has 0 spiro atoms. The number of likely N-dealkylation sites (tertiary alicyclic amines) is 1. The number of imidazole rings is 1. The van der Waals surface area contributed by atoms with Crippen LogP contribution in [-0.4, -0.2) is 39.2 Å². The highest BCUT2D eigenvalue weighted by Gasteiger charge is 2.40. The highest BCUT2D eigenvalue weighted by Crippen LogP contribution is 2.42. The van der Waals surface area contributed by atoms with Crippen LogP contribution in [0.3, 0.4) is 0 Å². The second-order valence-electron chi connectivity index (χ2n) is 9.02. The molecule has 1 saturated heterocycles. The molecule has 1 fully saturated rings. The van der Waals surface area contributed by atoms with Gasteiger partial charge in [0.2, 0.25) is 0 Å². The molecule has 2 aliphatic rings. The van der Waals surface area contributed by atoms with Gasteiger partial charge in [-0.05, 0) is 49.4 Å². The van der Waals surface area contributed by atoms with Gasteiger partial charge in [-0.3, -0.25) is 9.69 Å². The summed E-state index contributed by atoms with van der Waals surface area (Å²) < 4.78 is 9.69. The minimum atomic E-state index is 0.121. The third-order valence-corrected chi connectivity index (χ3v) is 7.16. The number of aryl methyl sites for hydroxylation is 1. The van der Waals surface area contributed by atoms with Gasteiger partial charge >= 0.3 is 0 Å². The molecule has 31 heavy (non-hydrogen) atoms. The van der Waals surface area contributed by atoms with Crippen molar-refractivity contribution < 1.29 is 4.74 Å². The molecule has 0 radical (unpaired) electrons. The molecule has 6 nitrogen and oxygen atoms in total. The van der Waals surface area contributed by atoms with E-state index in [1.54, 1.807) is 13.2 Å². The van der Waals surface area contributed by atoms with Crippen molar-refractivity contribution in [3.8, 4) is 5.75 Å². The molecular formula is C25H30N4O2. The largest absolute Gasteiger partial charge is 0.497 e. The first-order chi connectivity index (χ1) is 15.0. The van der Waals surface area contributed by atoms with Gasteiger partial charge in [0.15, 0.2) is 0 Å². The number of pyridine rings is 1. The number of hydrogen-bond acceptors (Lipinski definition) is 4. The van der Waals surface area contributed by atoms with E-state index in [1.165, 1.54) is 17.0 Å². The van der Waals surface area contributed by atoms with Gasteiger partial charge in [0, 0.05) is 56.6 Å². The summed E-state index contributed by atoms with van der Waals surface area (Å²) in [4.78, 5) is 20.0. The molecule has 0 unspecified atom stereocenters. The summed E-state index contributed by atoms with van der Waals surface area (Å²) in [6.07, 6.45) is 3.97. The van der Waals surface area contributed by atoms with Crippen LogP contribution < -0.4 is 10.3 Å². The van der Waals surface area contributed by atoms with Gasteiger partial charge in [-0.15, -0.1) is 0 Å². The summed E-state index contributed by atoms with van der Waals surface area (Å²) >= 11 is 0. The molecule has 0 saturated carbocycles. The Morgan fingerprint density at radius 3 is 2.77 bits per heavy atom. The normalized spacial score (nSPS) is 22.9. The third kappa shape index (κ3) is 3.69. The molecule has 0 aliphatic carbocycles. The first-order valence-corrected chi connectivity index (χ1v) is 11.1. The van der Waals surface area contributed by atoms with E-state index < -0.39 is 0 Å². The summed E-state index contributed by atoms with van der Waals surface area (Å²) in [5, 5.41) is 0. The van der Waals surface area contributed by atoms with Gasteiger partial charge in [0.1, 0.15) is 11.6 Å². The molecule has 1 aromatic carbocycles. The molecule has 3 atom stereocenters. The highest BCUT2D eigenvalue weighted by atomic mass is 16.5. The molecule has 2 aromatic heterocycles. The Morgan fingerprint density at radius 2 is 2.00 bits per heavy atom. The quantitative estimate of drug-likeness (QED) is 0.638. The van der Waals surface area contributed by atoms with E-state index in [0.29, 0.717) is 11.8 Å². The van der Waals surface area contributed by atoms with E-state index in [0.717, 1.165) is 44.0 Å². The molecule has 2 bridgehead atoms. The third-order valence-electron chi connectivity index (χ3n) is 7.16. The van der Waals surface area contributed by atoms with E-state index in [4.69, 9.17) is 4.74 Å². The van der Waals surface area contributed by atoms with Crippen molar-refractivity contribution in [2.45, 2.75) is 38.3 Å². The molecule has 162 valence electrons. The number of nitrogens with zero attached hydrogens (tertiary/aromatic N) is 4. The zero-order chi connectivity index (χ0) is 21.5. The van der Waals surface area contributed by atoms with E-state index in [2.05, 4.69) is 44.3 Å². The summed E-state index contributed by atoms with van der Waals surface area (Å²) in [5.74, 6) is 2.74. The number of piperidine rings is 1. The first-order valence-electron chi connectivity index (χ1n) is 11.1. The lowest BCUT2D eigenvalue weighted by Gasteiger charge is -2.47. The smallest absolute Gasteiger partial charge is 0.251 e. The molecule has 5 rings (SSSR count). The fraction of sp³-hybridized carbons (Fsp3) is 0.440. The van der Waals surface area contributed by atoms with E-state index in [1.807, 2.05) is 31.3 Å². The van der Waals surface area contributed by atoms with Crippen molar-refractivity contribution in [1.82, 2.24) is 19.0 Å². The summed E-state index contributed by atoms with van der Waals surface area (Å²) in [6.45, 7) is 4.92. The number of benzene rings is 1. The Hall–Kier alpha value is -2.86. The molecule has 3 aromatic rings. The van der Waals surface area contributed by atoms with Crippen LogP contribution >= 0.6 is 0 Å². The van der Waals surface area contributed by atoms with Gasteiger partial charge in [-0.1, -0.05) is 18.2 Å². The average Bonchev–Trinajstić information content (AvgIpc) is 3.09. The van der Waals surface area contributed by atoms with Crippen LogP contribution in [0.5, 0.6) is 5.75 Å². The van der Waals surface area contributed by atoms with Gasteiger partial charge < -0.3 is 13.9 Å². The first kappa shape index (κ1) is 20.1. The van der Waals surface area contributed by atoms with E-state index in [-0.39, 0.29) is 11.6 Å². The van der Waals surface area contributed by atoms with Crippen molar-refractivity contribution in [3.63, 3.8) is 0 Å². The maximum Gasteiger partial charge on any atom is 0.251 e. The standard InChI is InChI=1S/C25H30N4O2/c1-17-26-13-21(27(17)2)16-28-14-19-12-20(15-28)24(29-23(19)8-5-9-25(29)30)11-18-6-4-7-22(10-18)31-3/h4-10,13,19-20,24H,11-12,14-16H2,1-3H3/t19-,20+,24+/m1/s1. The van der Waals surface area contributed by atoms with Gasteiger partial charge in [0.25, 0.3) is 5.56 Å². The average molecular weight is 419 g/mol. The second-order valence-corrected chi connectivity index (χ2v) is 9.02. The van der Waals surface area contributed by atoms with Crippen LogP contribution in [0.2, 0.25) is 0 Å². The Labute approximate surface area is 183 Å². The Kier molecular flexibility index (Phi) is 5.18. The lowest BCUT2D eigenvalue weighted by atomic mass is 9.76. The van der Waals surface area contributed by atoms with Crippen LogP contribution in [0.15, 0.2) is 53.5 Å². The number of hydrogen-bond donors (Lipinski definition) is 0. The minimum absolute atomic E-state index is 0.121. The lowest BCUT2D eigenvalue weighted by Crippen LogP contribution is -2.49. The van der Waals surface area contributed by atoms with Crippen LogP contribution in [0.1, 0.15) is 41.2 Å². The molecule has 6 heteroatoms. The van der Waals surface area contributed by atoms with Crippen LogP contribution in [0.25, 0.3) is 0 Å². The molecule has 2 aliphatic heterocycles. The predicted octanol–water partition coefficient (Wildman–Crippen LogP) is 3.30.